The fourth-order valence-corrected chi connectivity index (χ4v) is 2.63. The highest BCUT2D eigenvalue weighted by molar-refractivity contribution is 7.47. The molecule has 0 bridgehead atoms. The predicted molar refractivity (Wildman–Crippen MR) is 105 cm³/mol. The van der Waals surface area contributed by atoms with Gasteiger partial charge >= 0.3 is 13.8 Å². The number of phosphoric acid groups is 1. The number of hydrogen-bond donors (Lipinski definition) is 2. The highest BCUT2D eigenvalue weighted by Crippen LogP contribution is 2.43. The van der Waals surface area contributed by atoms with E-state index in [9.17, 15) is 14.3 Å². The number of ether oxygens (including phenoxy) is 2. The van der Waals surface area contributed by atoms with Gasteiger partial charge in [0.25, 0.3) is 0 Å². The Morgan fingerprint density at radius 3 is 2.59 bits per heavy atom. The third-order valence-electron chi connectivity index (χ3n) is 3.51. The number of methoxy groups -OCH3 is 1. The molecule has 10 nitrogen and oxygen atoms in total. The summed E-state index contributed by atoms with van der Waals surface area (Å²) in [6.45, 7) is -0.407. The zero-order valence-corrected chi connectivity index (χ0v) is 17.9. The van der Waals surface area contributed by atoms with Crippen molar-refractivity contribution in [3.05, 3.63) is 35.9 Å². The van der Waals surface area contributed by atoms with Crippen LogP contribution in [0.1, 0.15) is 5.56 Å². The lowest BCUT2D eigenvalue weighted by atomic mass is 10.2. The molecule has 0 aliphatic rings. The number of carbonyl (C=O) groups is 1. The van der Waals surface area contributed by atoms with E-state index in [-0.39, 0.29) is 6.61 Å². The third-order valence-corrected chi connectivity index (χ3v) is 4.49. The topological polar surface area (TPSA) is 121 Å². The number of nitrogens with zero attached hydrogens (tertiary/aromatic N) is 1. The maximum Gasteiger partial charge on any atom is 0.472 e. The molecule has 0 aliphatic carbocycles. The number of phosphoric ester groups is 1. The van der Waals surface area contributed by atoms with E-state index >= 15 is 0 Å². The average Bonchev–Trinajstić information content (AvgIpc) is 2.65. The molecule has 0 heterocycles. The van der Waals surface area contributed by atoms with E-state index in [4.69, 9.17) is 23.8 Å². The van der Waals surface area contributed by atoms with Crippen LogP contribution in [-0.2, 0) is 28.0 Å². The van der Waals surface area contributed by atoms with Gasteiger partial charge in [0, 0.05) is 6.08 Å². The minimum absolute atomic E-state index is 0.00593. The van der Waals surface area contributed by atoms with E-state index < -0.39 is 33.1 Å². The average molecular weight is 434 g/mol. The van der Waals surface area contributed by atoms with Gasteiger partial charge in [-0.3, -0.25) is 14.3 Å². The fraction of sp³-hybridized carbons (Fsp3) is 0.500. The lowest BCUT2D eigenvalue weighted by Crippen LogP contribution is -2.37. The molecule has 0 saturated carbocycles. The molecule has 11 heteroatoms. The maximum absolute atomic E-state index is 11.8. The Labute approximate surface area is 170 Å². The van der Waals surface area contributed by atoms with Crippen LogP contribution in [0.5, 0.6) is 5.75 Å². The van der Waals surface area contributed by atoms with Gasteiger partial charge in [-0.05, 0) is 23.8 Å². The highest BCUT2D eigenvalue weighted by atomic mass is 31.2. The van der Waals surface area contributed by atoms with Gasteiger partial charge in [0.05, 0.1) is 34.9 Å². The van der Waals surface area contributed by atoms with E-state index in [1.165, 1.54) is 19.3 Å². The zero-order valence-electron chi connectivity index (χ0n) is 17.0. The lowest BCUT2D eigenvalue weighted by Gasteiger charge is -2.24. The second-order valence-electron chi connectivity index (χ2n) is 7.08. The van der Waals surface area contributed by atoms with Crippen molar-refractivity contribution in [2.45, 2.75) is 6.10 Å². The van der Waals surface area contributed by atoms with Crippen LogP contribution in [0.3, 0.4) is 0 Å². The Morgan fingerprint density at radius 1 is 1.24 bits per heavy atom. The fourth-order valence-electron chi connectivity index (χ4n) is 1.89. The van der Waals surface area contributed by atoms with Crippen LogP contribution in [-0.4, -0.2) is 81.3 Å². The van der Waals surface area contributed by atoms with Gasteiger partial charge in [0.2, 0.25) is 0 Å². The van der Waals surface area contributed by atoms with E-state index in [0.717, 1.165) is 5.56 Å². The van der Waals surface area contributed by atoms with Crippen molar-refractivity contribution in [2.24, 2.45) is 0 Å². The van der Waals surface area contributed by atoms with Gasteiger partial charge in [-0.1, -0.05) is 12.1 Å². The number of benzene rings is 1. The normalized spacial score (nSPS) is 15.1. The zero-order chi connectivity index (χ0) is 21.9. The Bertz CT molecular complexity index is 718. The second-order valence-corrected chi connectivity index (χ2v) is 8.53. The standard InChI is InChI=1S/C18H28NO9P/c1-19(2,3)10-11-26-29(22,23)27-14-17(28-21)13-25-18(20)9-8-15-6-5-7-16(12-15)24-4/h5-9,12,17H,10-11,13-14H2,1-4H3,(H-,21,22,23)/p+1/t17-/m1/s1. The van der Waals surface area contributed by atoms with E-state index in [1.807, 2.05) is 21.1 Å². The van der Waals surface area contributed by atoms with Gasteiger partial charge in [-0.25, -0.2) is 14.2 Å². The number of esters is 1. The molecule has 1 rings (SSSR count). The molecule has 1 unspecified atom stereocenters. The van der Waals surface area contributed by atoms with Crippen molar-refractivity contribution >= 4 is 19.9 Å². The maximum atomic E-state index is 11.8. The summed E-state index contributed by atoms with van der Waals surface area (Å²) in [6.07, 6.45) is 1.56. The van der Waals surface area contributed by atoms with Crippen LogP contribution in [0.2, 0.25) is 0 Å². The molecular formula is C18H29NO9P+. The molecule has 2 N–H and O–H groups in total. The minimum atomic E-state index is -4.32. The molecule has 2 atom stereocenters. The molecular weight excluding hydrogens is 405 g/mol. The summed E-state index contributed by atoms with van der Waals surface area (Å²) in [6, 6.07) is 7.04. The first kappa shape index (κ1) is 25.3. The van der Waals surface area contributed by atoms with Crippen molar-refractivity contribution in [1.82, 2.24) is 0 Å². The van der Waals surface area contributed by atoms with Crippen LogP contribution in [0, 0.1) is 0 Å². The largest absolute Gasteiger partial charge is 0.497 e. The molecule has 29 heavy (non-hydrogen) atoms. The summed E-state index contributed by atoms with van der Waals surface area (Å²) in [5.41, 5.74) is 0.729. The monoisotopic (exact) mass is 434 g/mol. The third kappa shape index (κ3) is 11.7. The van der Waals surface area contributed by atoms with Crippen molar-refractivity contribution in [3.63, 3.8) is 0 Å². The summed E-state index contributed by atoms with van der Waals surface area (Å²) in [5, 5.41) is 8.87. The van der Waals surface area contributed by atoms with Gasteiger partial charge < -0.3 is 18.9 Å². The van der Waals surface area contributed by atoms with Crippen molar-refractivity contribution < 1.29 is 47.4 Å². The molecule has 0 saturated heterocycles. The Balaban J connectivity index is 2.41. The van der Waals surface area contributed by atoms with Crippen LogP contribution >= 0.6 is 7.82 Å². The van der Waals surface area contributed by atoms with Crippen LogP contribution < -0.4 is 4.74 Å². The predicted octanol–water partition coefficient (Wildman–Crippen LogP) is 1.95. The molecule has 0 amide bonds. The SMILES string of the molecule is COc1cccc(C=CC(=O)OC[C@H](COP(=O)(O)OCC[N+](C)(C)C)OO)c1. The van der Waals surface area contributed by atoms with Gasteiger partial charge in [-0.2, -0.15) is 0 Å². The smallest absolute Gasteiger partial charge is 0.472 e. The van der Waals surface area contributed by atoms with Crippen molar-refractivity contribution in [3.8, 4) is 5.75 Å². The number of quaternary nitrogens is 1. The van der Waals surface area contributed by atoms with Crippen LogP contribution in [0.15, 0.2) is 30.3 Å². The molecule has 0 aromatic heterocycles. The molecule has 0 fully saturated rings. The lowest BCUT2D eigenvalue weighted by molar-refractivity contribution is -0.870. The quantitative estimate of drug-likeness (QED) is 0.120. The highest BCUT2D eigenvalue weighted by Gasteiger charge is 2.25. The van der Waals surface area contributed by atoms with Crippen LogP contribution in [0.4, 0.5) is 0 Å². The Kier molecular flexibility index (Phi) is 10.5. The van der Waals surface area contributed by atoms with Crippen molar-refractivity contribution in [1.29, 1.82) is 0 Å². The first-order chi connectivity index (χ1) is 13.5. The molecule has 0 spiro atoms. The summed E-state index contributed by atoms with van der Waals surface area (Å²) >= 11 is 0. The molecule has 1 aromatic rings. The molecule has 0 radical (unpaired) electrons. The first-order valence-electron chi connectivity index (χ1n) is 8.76. The number of rotatable bonds is 13. The van der Waals surface area contributed by atoms with Gasteiger partial charge in [-0.15, -0.1) is 0 Å². The van der Waals surface area contributed by atoms with E-state index in [2.05, 4.69) is 4.89 Å². The summed E-state index contributed by atoms with van der Waals surface area (Å²) in [5.74, 6) is -0.0512. The number of hydrogen-bond acceptors (Lipinski definition) is 8. The molecule has 164 valence electrons. The molecule has 1 aromatic carbocycles. The Morgan fingerprint density at radius 2 is 1.97 bits per heavy atom. The number of likely N-dealkylation sites (N-methyl/N-ethyl adjacent to an activating group) is 1. The summed E-state index contributed by atoms with van der Waals surface area (Å²) in [7, 11) is 2.92. The Hall–Kier alpha value is -1.78. The first-order valence-corrected chi connectivity index (χ1v) is 10.3. The van der Waals surface area contributed by atoms with Crippen LogP contribution in [0.25, 0.3) is 6.08 Å². The van der Waals surface area contributed by atoms with E-state index in [1.54, 1.807) is 24.3 Å². The molecule has 0 aliphatic heterocycles. The number of carbonyl (C=O) groups excluding carboxylic acids is 1. The summed E-state index contributed by atoms with van der Waals surface area (Å²) < 4.78 is 32.0. The second kappa shape index (κ2) is 12.0. The van der Waals surface area contributed by atoms with Gasteiger partial charge in [0.15, 0.2) is 6.10 Å². The van der Waals surface area contributed by atoms with Crippen molar-refractivity contribution in [2.75, 3.05) is 54.6 Å². The minimum Gasteiger partial charge on any atom is -0.497 e. The van der Waals surface area contributed by atoms with E-state index in [0.29, 0.717) is 16.8 Å². The van der Waals surface area contributed by atoms with Gasteiger partial charge in [0.1, 0.15) is 25.5 Å². The summed E-state index contributed by atoms with van der Waals surface area (Å²) in [4.78, 5) is 25.5.